The summed E-state index contributed by atoms with van der Waals surface area (Å²) in [5.74, 6) is 0. The maximum atomic E-state index is 12.1. The number of hydrogen-bond donors (Lipinski definition) is 3. The van der Waals surface area contributed by atoms with E-state index in [4.69, 9.17) is 9.88 Å². The molecule has 2 amide bonds. The molecule has 3 rings (SSSR count). The Hall–Kier alpha value is -1.68. The van der Waals surface area contributed by atoms with Crippen LogP contribution in [0.25, 0.3) is 0 Å². The van der Waals surface area contributed by atoms with Gasteiger partial charge in [0, 0.05) is 38.0 Å². The number of sulfonamides is 1. The molecule has 0 unspecified atom stereocenters. The molecule has 1 aromatic rings. The van der Waals surface area contributed by atoms with Crippen LogP contribution in [0.2, 0.25) is 0 Å². The predicted octanol–water partition coefficient (Wildman–Crippen LogP) is 1.10. The zero-order valence-electron chi connectivity index (χ0n) is 14.7. The van der Waals surface area contributed by atoms with E-state index in [1.165, 1.54) is 24.3 Å². The molecule has 8 nitrogen and oxygen atoms in total. The summed E-state index contributed by atoms with van der Waals surface area (Å²) in [4.78, 5) is 14.5. The van der Waals surface area contributed by atoms with Crippen molar-refractivity contribution in [3.05, 3.63) is 24.3 Å². The summed E-state index contributed by atoms with van der Waals surface area (Å²) in [6.45, 7) is 3.76. The molecule has 0 aliphatic carbocycles. The van der Waals surface area contributed by atoms with Gasteiger partial charge in [-0.2, -0.15) is 0 Å². The van der Waals surface area contributed by atoms with Crippen molar-refractivity contribution in [1.29, 1.82) is 0 Å². The number of nitrogens with two attached hydrogens (primary N) is 1. The van der Waals surface area contributed by atoms with Gasteiger partial charge < -0.3 is 20.3 Å². The van der Waals surface area contributed by atoms with Crippen molar-refractivity contribution in [1.82, 2.24) is 10.2 Å². The fourth-order valence-corrected chi connectivity index (χ4v) is 3.93. The van der Waals surface area contributed by atoms with Gasteiger partial charge in [-0.25, -0.2) is 18.4 Å². The van der Waals surface area contributed by atoms with Gasteiger partial charge in [0.05, 0.1) is 11.0 Å². The monoisotopic (exact) mass is 382 g/mol. The number of carbonyl (C=O) groups is 1. The second kappa shape index (κ2) is 8.34. The fraction of sp³-hybridized carbons (Fsp3) is 0.588. The van der Waals surface area contributed by atoms with Gasteiger partial charge in [-0.05, 0) is 49.9 Å². The van der Waals surface area contributed by atoms with Crippen LogP contribution in [0.5, 0.6) is 0 Å². The minimum atomic E-state index is -3.73. The molecule has 9 heteroatoms. The number of nitrogens with zero attached hydrogens (tertiary/aromatic N) is 1. The van der Waals surface area contributed by atoms with E-state index >= 15 is 0 Å². The van der Waals surface area contributed by atoms with Crippen LogP contribution in [-0.4, -0.2) is 57.7 Å². The van der Waals surface area contributed by atoms with E-state index in [0.29, 0.717) is 11.8 Å². The lowest BCUT2D eigenvalue weighted by Gasteiger charge is -2.33. The van der Waals surface area contributed by atoms with E-state index in [9.17, 15) is 13.2 Å². The molecule has 26 heavy (non-hydrogen) atoms. The summed E-state index contributed by atoms with van der Waals surface area (Å²) in [5.41, 5.74) is 0.519. The second-order valence-corrected chi connectivity index (χ2v) is 8.44. The number of hydrogen-bond acceptors (Lipinski definition) is 5. The first-order valence-electron chi connectivity index (χ1n) is 8.94. The molecule has 0 aromatic heterocycles. The lowest BCUT2D eigenvalue weighted by Crippen LogP contribution is -2.47. The Bertz CT molecular complexity index is 709. The maximum absolute atomic E-state index is 12.1. The number of anilines is 1. The third-order valence-electron chi connectivity index (χ3n) is 4.85. The first kappa shape index (κ1) is 19.1. The smallest absolute Gasteiger partial charge is 0.319 e. The molecule has 0 saturated carbocycles. The van der Waals surface area contributed by atoms with Crippen LogP contribution >= 0.6 is 0 Å². The van der Waals surface area contributed by atoms with Crippen LogP contribution in [0.15, 0.2) is 29.2 Å². The van der Waals surface area contributed by atoms with Gasteiger partial charge >= 0.3 is 6.03 Å². The Kier molecular flexibility index (Phi) is 6.13. The number of urea groups is 1. The molecule has 144 valence electrons. The standard InChI is InChI=1S/C17H26N4O4S/c18-26(23,24)16-5-3-13(4-6-16)19-17(22)20-14-7-9-21(10-8-14)12-15-2-1-11-25-15/h3-6,14-15H,1-2,7-12H2,(H2,18,23,24)(H2,19,20,22)/t15-/m1/s1. The zero-order valence-corrected chi connectivity index (χ0v) is 15.5. The highest BCUT2D eigenvalue weighted by atomic mass is 32.2. The Morgan fingerprint density at radius 3 is 2.46 bits per heavy atom. The Balaban J connectivity index is 1.41. The number of benzene rings is 1. The average molecular weight is 382 g/mol. The predicted molar refractivity (Wildman–Crippen MR) is 98.4 cm³/mol. The van der Waals surface area contributed by atoms with Crippen LogP contribution in [-0.2, 0) is 14.8 Å². The topological polar surface area (TPSA) is 114 Å². The summed E-state index contributed by atoms with van der Waals surface area (Å²) in [7, 11) is -3.73. The molecule has 4 N–H and O–H groups in total. The highest BCUT2D eigenvalue weighted by Crippen LogP contribution is 2.17. The molecule has 1 atom stereocenters. The van der Waals surface area contributed by atoms with Crippen LogP contribution in [0.1, 0.15) is 25.7 Å². The van der Waals surface area contributed by atoms with Crippen molar-refractivity contribution in [3.63, 3.8) is 0 Å². The average Bonchev–Trinajstić information content (AvgIpc) is 3.09. The van der Waals surface area contributed by atoms with Gasteiger partial charge in [0.25, 0.3) is 0 Å². The van der Waals surface area contributed by atoms with Crippen molar-refractivity contribution in [2.75, 3.05) is 31.6 Å². The van der Waals surface area contributed by atoms with Crippen molar-refractivity contribution in [3.8, 4) is 0 Å². The zero-order chi connectivity index (χ0) is 18.6. The second-order valence-electron chi connectivity index (χ2n) is 6.88. The van der Waals surface area contributed by atoms with Crippen LogP contribution in [0, 0.1) is 0 Å². The first-order valence-corrected chi connectivity index (χ1v) is 10.5. The maximum Gasteiger partial charge on any atom is 0.319 e. The molecule has 0 spiro atoms. The number of amides is 2. The minimum Gasteiger partial charge on any atom is -0.377 e. The van der Waals surface area contributed by atoms with E-state index in [0.717, 1.165) is 51.9 Å². The quantitative estimate of drug-likeness (QED) is 0.706. The van der Waals surface area contributed by atoms with E-state index in [1.807, 2.05) is 0 Å². The van der Waals surface area contributed by atoms with Gasteiger partial charge in [0.1, 0.15) is 0 Å². The molecule has 0 radical (unpaired) electrons. The largest absolute Gasteiger partial charge is 0.377 e. The summed E-state index contributed by atoms with van der Waals surface area (Å²) >= 11 is 0. The van der Waals surface area contributed by atoms with Gasteiger partial charge in [0.15, 0.2) is 0 Å². The summed E-state index contributed by atoms with van der Waals surface area (Å²) in [6, 6.07) is 5.63. The number of piperidine rings is 1. The van der Waals surface area contributed by atoms with E-state index in [2.05, 4.69) is 15.5 Å². The lowest BCUT2D eigenvalue weighted by molar-refractivity contribution is 0.0633. The molecular weight excluding hydrogens is 356 g/mol. The highest BCUT2D eigenvalue weighted by Gasteiger charge is 2.24. The molecule has 2 aliphatic heterocycles. The van der Waals surface area contributed by atoms with Crippen LogP contribution in [0.3, 0.4) is 0 Å². The normalized spacial score (nSPS) is 22.3. The molecular formula is C17H26N4O4S. The Labute approximate surface area is 154 Å². The van der Waals surface area contributed by atoms with E-state index < -0.39 is 10.0 Å². The molecule has 2 heterocycles. The van der Waals surface area contributed by atoms with Gasteiger partial charge in [0.2, 0.25) is 10.0 Å². The molecule has 2 aliphatic rings. The van der Waals surface area contributed by atoms with E-state index in [-0.39, 0.29) is 17.0 Å². The number of rotatable bonds is 5. The Morgan fingerprint density at radius 2 is 1.88 bits per heavy atom. The SMILES string of the molecule is NS(=O)(=O)c1ccc(NC(=O)NC2CCN(C[C@H]3CCCO3)CC2)cc1. The lowest BCUT2D eigenvalue weighted by atomic mass is 10.0. The molecule has 1 aromatic carbocycles. The number of primary sulfonamides is 1. The summed E-state index contributed by atoms with van der Waals surface area (Å²) < 4.78 is 28.1. The first-order chi connectivity index (χ1) is 12.4. The summed E-state index contributed by atoms with van der Waals surface area (Å²) in [5, 5.41) is 10.7. The van der Waals surface area contributed by atoms with E-state index in [1.54, 1.807) is 0 Å². The summed E-state index contributed by atoms with van der Waals surface area (Å²) in [6.07, 6.45) is 4.48. The van der Waals surface area contributed by atoms with Crippen molar-refractivity contribution in [2.24, 2.45) is 5.14 Å². The third-order valence-corrected chi connectivity index (χ3v) is 5.78. The number of nitrogens with one attached hydrogen (secondary N) is 2. The van der Waals surface area contributed by atoms with Crippen molar-refractivity contribution in [2.45, 2.75) is 42.7 Å². The number of carbonyl (C=O) groups excluding carboxylic acids is 1. The molecule has 2 fully saturated rings. The number of ether oxygens (including phenoxy) is 1. The van der Waals surface area contributed by atoms with Gasteiger partial charge in [-0.15, -0.1) is 0 Å². The molecule has 2 saturated heterocycles. The molecule has 0 bridgehead atoms. The minimum absolute atomic E-state index is 0.0158. The van der Waals surface area contributed by atoms with Crippen molar-refractivity contribution >= 4 is 21.7 Å². The number of likely N-dealkylation sites (tertiary alicyclic amines) is 1. The fourth-order valence-electron chi connectivity index (χ4n) is 3.42. The van der Waals surface area contributed by atoms with Crippen LogP contribution < -0.4 is 15.8 Å². The Morgan fingerprint density at radius 1 is 1.19 bits per heavy atom. The third kappa shape index (κ3) is 5.41. The van der Waals surface area contributed by atoms with Gasteiger partial charge in [-0.1, -0.05) is 0 Å². The van der Waals surface area contributed by atoms with Crippen molar-refractivity contribution < 1.29 is 17.9 Å². The highest BCUT2D eigenvalue weighted by molar-refractivity contribution is 7.89. The van der Waals surface area contributed by atoms with Gasteiger partial charge in [-0.3, -0.25) is 0 Å². The van der Waals surface area contributed by atoms with Crippen LogP contribution in [0.4, 0.5) is 10.5 Å².